The minimum atomic E-state index is -1.74. The monoisotopic (exact) mass is 1030 g/mol. The van der Waals surface area contributed by atoms with Crippen LogP contribution in [0.4, 0.5) is 0 Å². The van der Waals surface area contributed by atoms with Gasteiger partial charge in [0.2, 0.25) is 0 Å². The second-order valence-electron chi connectivity index (χ2n) is 20.8. The number of benzene rings is 8. The van der Waals surface area contributed by atoms with Gasteiger partial charge in [0.1, 0.15) is 0 Å². The van der Waals surface area contributed by atoms with Crippen LogP contribution >= 0.6 is 0 Å². The second-order valence-corrected chi connectivity index (χ2v) is 26.0. The Morgan fingerprint density at radius 3 is 0.949 bits per heavy atom. The highest BCUT2D eigenvalue weighted by molar-refractivity contribution is 6.89. The van der Waals surface area contributed by atoms with Gasteiger partial charge in [-0.2, -0.15) is 0 Å². The summed E-state index contributed by atoms with van der Waals surface area (Å²) in [4.78, 5) is 21.3. The van der Waals surface area contributed by atoms with E-state index in [1.807, 2.05) is 24.8 Å². The van der Waals surface area contributed by atoms with E-state index in [0.717, 1.165) is 56.5 Å². The molecule has 8 aromatic carbocycles. The number of pyridine rings is 4. The maximum absolute atomic E-state index is 5.43. The van der Waals surface area contributed by atoms with E-state index in [9.17, 15) is 0 Å². The Kier molecular flexibility index (Phi) is 11.9. The van der Waals surface area contributed by atoms with E-state index in [4.69, 9.17) is 19.9 Å². The number of hydrogen-bond donors (Lipinski definition) is 0. The van der Waals surface area contributed by atoms with Crippen molar-refractivity contribution >= 4 is 93.1 Å². The van der Waals surface area contributed by atoms with Gasteiger partial charge < -0.3 is 0 Å². The van der Waals surface area contributed by atoms with Gasteiger partial charge in [0.15, 0.2) is 0 Å². The van der Waals surface area contributed by atoms with E-state index in [1.165, 1.54) is 77.1 Å². The van der Waals surface area contributed by atoms with Crippen molar-refractivity contribution in [2.24, 2.45) is 0 Å². The molecule has 0 saturated heterocycles. The van der Waals surface area contributed by atoms with E-state index >= 15 is 0 Å². The molecule has 6 heterocycles. The Hall–Kier alpha value is -8.95. The zero-order valence-corrected chi connectivity index (χ0v) is 45.6. The summed E-state index contributed by atoms with van der Waals surface area (Å²) in [6, 6.07) is 89.9. The molecule has 0 spiro atoms. The molecule has 0 radical (unpaired) electrons. The number of hydrogen-bond acceptors (Lipinski definition) is 4. The average molecular weight is 1030 g/mol. The van der Waals surface area contributed by atoms with Crippen LogP contribution in [0, 0.1) is 0 Å². The minimum Gasteiger partial charge on any atom is -0.256 e. The molecule has 4 aromatic heterocycles. The van der Waals surface area contributed by atoms with Crippen LogP contribution in [0.2, 0.25) is 13.1 Å². The Bertz CT molecular complexity index is 4150. The molecule has 2 atom stereocenters. The van der Waals surface area contributed by atoms with E-state index in [0.29, 0.717) is 0 Å². The fourth-order valence-corrected chi connectivity index (χ4v) is 20.6. The summed E-state index contributed by atoms with van der Waals surface area (Å²) in [6.45, 7) is 5.23. The van der Waals surface area contributed by atoms with Crippen LogP contribution < -0.4 is 0 Å². The lowest BCUT2D eigenvalue weighted by Gasteiger charge is -2.42. The quantitative estimate of drug-likeness (QED) is 0.121. The van der Waals surface area contributed by atoms with Gasteiger partial charge >= 0.3 is 0 Å². The molecule has 2 unspecified atom stereocenters. The van der Waals surface area contributed by atoms with Crippen molar-refractivity contribution in [3.63, 3.8) is 0 Å². The minimum absolute atomic E-state index is 0.567. The topological polar surface area (TPSA) is 51.6 Å². The molecule has 12 aromatic rings. The van der Waals surface area contributed by atoms with Crippen molar-refractivity contribution in [3.05, 3.63) is 312 Å². The van der Waals surface area contributed by atoms with Crippen molar-refractivity contribution in [2.45, 2.75) is 36.0 Å². The van der Waals surface area contributed by atoms with E-state index in [2.05, 4.69) is 256 Å². The molecule has 0 aliphatic carbocycles. The third-order valence-electron chi connectivity index (χ3n) is 17.0. The molecule has 6 heteroatoms. The lowest BCUT2D eigenvalue weighted by Crippen LogP contribution is -2.43. The summed E-state index contributed by atoms with van der Waals surface area (Å²) in [7, 11) is -3.48. The van der Waals surface area contributed by atoms with Gasteiger partial charge in [0.25, 0.3) is 0 Å². The molecule has 0 amide bonds. The van der Waals surface area contributed by atoms with Crippen LogP contribution in [-0.4, -0.2) is 47.1 Å². The molecule has 0 N–H and O–H groups in total. The molecule has 14 rings (SSSR count). The van der Waals surface area contributed by atoms with Crippen LogP contribution in [0.3, 0.4) is 0 Å². The molecule has 0 bridgehead atoms. The Morgan fingerprint density at radius 2 is 0.590 bits per heavy atom. The van der Waals surface area contributed by atoms with E-state index < -0.39 is 26.9 Å². The molecule has 2 aliphatic rings. The van der Waals surface area contributed by atoms with Gasteiger partial charge in [-0.15, -0.1) is 0 Å². The molecule has 370 valence electrons. The normalized spacial score (nSPS) is 17.6. The Labute approximate surface area is 458 Å². The SMILES string of the molecule is C[Si]1=C(c2cccc3cccnc23)C(c2ccccc2)=C(c2ccccc2)C1(CCC1(c2cccc3cccnc23)C(c2ccccc2)=C(c2ccccc2)C(c2cccc3cccnc23)=[Si]1C)c1cccc2cccnc12. The zero-order chi connectivity index (χ0) is 52.2. The molecule has 78 heavy (non-hydrogen) atoms. The standard InChI is InChI=1S/C72H54N4Si2/c1-77-69(57-39-15-31-53-35-19-45-73-65(53)57)61(49-23-7-3-8-24-49)63(51-27-11-5-12-28-51)71(77,59-41-17-33-55-37-21-47-75-67(55)59)43-44-72(60-42-18-34-56-38-22-48-76-68(56)60)64(52-29-13-6-14-30-52)62(50-25-9-4-10-26-50)70(78(72)2)58-40-16-32-54-36-20-46-74-66(54)58/h3-42,45-48H,43-44H2,1-2H3. The number of rotatable bonds is 11. The van der Waals surface area contributed by atoms with Crippen LogP contribution in [0.1, 0.15) is 57.3 Å². The van der Waals surface area contributed by atoms with Crippen LogP contribution in [0.15, 0.2) is 267 Å². The molecule has 0 fully saturated rings. The fraction of sp³-hybridized carbons (Fsp3) is 0.0833. The highest BCUT2D eigenvalue weighted by Gasteiger charge is 2.54. The first-order chi connectivity index (χ1) is 38.6. The third-order valence-corrected chi connectivity index (χ3v) is 23.6. The molecule has 4 nitrogen and oxygen atoms in total. The summed E-state index contributed by atoms with van der Waals surface area (Å²) < 4.78 is 0. The van der Waals surface area contributed by atoms with E-state index in [-0.39, 0.29) is 0 Å². The highest BCUT2D eigenvalue weighted by atomic mass is 28.2. The lowest BCUT2D eigenvalue weighted by molar-refractivity contribution is 0.570. The molecular formula is C72H54N4Si2. The van der Waals surface area contributed by atoms with Crippen LogP contribution in [0.25, 0.3) is 65.9 Å². The largest absolute Gasteiger partial charge is 0.256 e. The highest BCUT2D eigenvalue weighted by Crippen LogP contribution is 2.59. The maximum Gasteiger partial charge on any atom is 0.0776 e. The lowest BCUT2D eigenvalue weighted by atomic mass is 9.72. The van der Waals surface area contributed by atoms with Crippen molar-refractivity contribution in [1.29, 1.82) is 0 Å². The summed E-state index contributed by atoms with van der Waals surface area (Å²) in [5, 5.41) is 6.22. The average Bonchev–Trinajstić information content (AvgIpc) is 3.89. The Morgan fingerprint density at radius 1 is 0.295 bits per heavy atom. The number of aromatic nitrogens is 4. The number of fused-ring (bicyclic) bond motifs is 4. The first-order valence-electron chi connectivity index (χ1n) is 27.1. The predicted molar refractivity (Wildman–Crippen MR) is 330 cm³/mol. The summed E-state index contributed by atoms with van der Waals surface area (Å²) in [5.41, 5.74) is 19.3. The fourth-order valence-electron chi connectivity index (χ4n) is 13.8. The molecule has 2 aliphatic heterocycles. The van der Waals surface area contributed by atoms with Crippen LogP contribution in [0.5, 0.6) is 0 Å². The zero-order valence-electron chi connectivity index (χ0n) is 43.6. The first-order valence-corrected chi connectivity index (χ1v) is 31.1. The predicted octanol–water partition coefficient (Wildman–Crippen LogP) is 16.0. The third kappa shape index (κ3) is 7.46. The van der Waals surface area contributed by atoms with Gasteiger partial charge in [-0.1, -0.05) is 231 Å². The summed E-state index contributed by atoms with van der Waals surface area (Å²) in [5.74, 6) is 0. The van der Waals surface area contributed by atoms with Crippen molar-refractivity contribution in [3.8, 4) is 0 Å². The first kappa shape index (κ1) is 47.5. The maximum atomic E-state index is 5.43. The van der Waals surface area contributed by atoms with Crippen LogP contribution in [-0.2, 0) is 10.1 Å². The van der Waals surface area contributed by atoms with Crippen molar-refractivity contribution in [1.82, 2.24) is 19.9 Å². The molecule has 0 saturated carbocycles. The van der Waals surface area contributed by atoms with Crippen molar-refractivity contribution in [2.75, 3.05) is 0 Å². The Balaban J connectivity index is 1.17. The van der Waals surface area contributed by atoms with Gasteiger partial charge in [-0.3, -0.25) is 19.9 Å². The summed E-state index contributed by atoms with van der Waals surface area (Å²) >= 11 is 0. The smallest absolute Gasteiger partial charge is 0.0776 e. The second kappa shape index (κ2) is 19.6. The number of nitrogens with zero attached hydrogens (tertiary/aromatic N) is 4. The number of allylic oxidation sites excluding steroid dienone is 4. The molecular weight excluding hydrogens is 977 g/mol. The van der Waals surface area contributed by atoms with E-state index in [1.54, 1.807) is 0 Å². The van der Waals surface area contributed by atoms with Gasteiger partial charge in [-0.25, -0.2) is 0 Å². The van der Waals surface area contributed by atoms with Crippen molar-refractivity contribution < 1.29 is 0 Å². The number of para-hydroxylation sites is 4. The van der Waals surface area contributed by atoms with Gasteiger partial charge in [0, 0.05) is 84.4 Å². The van der Waals surface area contributed by atoms with Gasteiger partial charge in [0.05, 0.1) is 22.1 Å². The van der Waals surface area contributed by atoms with Gasteiger partial charge in [-0.05, 0) is 103 Å². The summed E-state index contributed by atoms with van der Waals surface area (Å²) in [6.07, 6.45) is 9.53.